The standard InChI is InChI=1S/C18H24N2O3.ClH/c1-11-3-4-15(10-16(11)18(22)23-2)20-17(21)9-12-7-13-5-6-14(8-12)19-13;/h3-4,10,12-14,19H,5-9H2,1-2H3,(H,20,21);1H. The zero-order valence-corrected chi connectivity index (χ0v) is 14.9. The fraction of sp³-hybridized carbons (Fsp3) is 0.556. The predicted molar refractivity (Wildman–Crippen MR) is 95.7 cm³/mol. The number of nitrogens with one attached hydrogen (secondary N) is 2. The molecule has 0 saturated carbocycles. The Kier molecular flexibility index (Phi) is 6.24. The van der Waals surface area contributed by atoms with Crippen LogP contribution in [0.4, 0.5) is 5.69 Å². The van der Waals surface area contributed by atoms with Gasteiger partial charge in [0.2, 0.25) is 5.91 Å². The Morgan fingerprint density at radius 1 is 1.25 bits per heavy atom. The molecule has 6 heteroatoms. The van der Waals surface area contributed by atoms with Crippen LogP contribution >= 0.6 is 12.4 Å². The zero-order chi connectivity index (χ0) is 16.4. The van der Waals surface area contributed by atoms with Crippen molar-refractivity contribution >= 4 is 30.0 Å². The second kappa shape index (κ2) is 7.99. The van der Waals surface area contributed by atoms with E-state index in [2.05, 4.69) is 10.6 Å². The molecule has 132 valence electrons. The van der Waals surface area contributed by atoms with Crippen LogP contribution in [-0.2, 0) is 9.53 Å². The van der Waals surface area contributed by atoms with Gasteiger partial charge in [-0.3, -0.25) is 4.79 Å². The average molecular weight is 353 g/mol. The van der Waals surface area contributed by atoms with Crippen LogP contribution in [0, 0.1) is 12.8 Å². The third kappa shape index (κ3) is 4.28. The van der Waals surface area contributed by atoms with Crippen LogP contribution in [0.3, 0.4) is 0 Å². The summed E-state index contributed by atoms with van der Waals surface area (Å²) in [5.74, 6) is 0.101. The lowest BCUT2D eigenvalue weighted by molar-refractivity contribution is -0.117. The van der Waals surface area contributed by atoms with E-state index in [4.69, 9.17) is 4.74 Å². The molecule has 3 rings (SSSR count). The van der Waals surface area contributed by atoms with E-state index in [1.54, 1.807) is 6.07 Å². The van der Waals surface area contributed by atoms with E-state index in [0.29, 0.717) is 35.7 Å². The molecule has 0 spiro atoms. The van der Waals surface area contributed by atoms with Crippen molar-refractivity contribution in [3.63, 3.8) is 0 Å². The number of piperidine rings is 1. The van der Waals surface area contributed by atoms with Gasteiger partial charge in [0.05, 0.1) is 12.7 Å². The monoisotopic (exact) mass is 352 g/mol. The Bertz CT molecular complexity index is 608. The number of carbonyl (C=O) groups excluding carboxylic acids is 2. The first kappa shape index (κ1) is 18.7. The van der Waals surface area contributed by atoms with Crippen LogP contribution < -0.4 is 10.6 Å². The SMILES string of the molecule is COC(=O)c1cc(NC(=O)CC2CC3CCC(C2)N3)ccc1C.Cl. The highest BCUT2D eigenvalue weighted by molar-refractivity contribution is 5.95. The van der Waals surface area contributed by atoms with Gasteiger partial charge in [-0.15, -0.1) is 12.4 Å². The fourth-order valence-corrected chi connectivity index (χ4v) is 3.85. The second-order valence-corrected chi connectivity index (χ2v) is 6.75. The van der Waals surface area contributed by atoms with Gasteiger partial charge in [0, 0.05) is 24.2 Å². The number of fused-ring (bicyclic) bond motifs is 2. The maximum atomic E-state index is 12.3. The number of rotatable bonds is 4. The second-order valence-electron chi connectivity index (χ2n) is 6.75. The third-order valence-corrected chi connectivity index (χ3v) is 4.97. The molecular formula is C18H25ClN2O3. The Morgan fingerprint density at radius 3 is 2.54 bits per heavy atom. The molecule has 1 aromatic rings. The molecule has 0 aromatic heterocycles. The molecule has 2 aliphatic rings. The van der Waals surface area contributed by atoms with E-state index in [9.17, 15) is 9.59 Å². The molecular weight excluding hydrogens is 328 g/mol. The van der Waals surface area contributed by atoms with Gasteiger partial charge in [0.1, 0.15) is 0 Å². The van der Waals surface area contributed by atoms with Crippen molar-refractivity contribution < 1.29 is 14.3 Å². The minimum Gasteiger partial charge on any atom is -0.465 e. The van der Waals surface area contributed by atoms with Crippen LogP contribution in [0.1, 0.15) is 48.0 Å². The lowest BCUT2D eigenvalue weighted by Gasteiger charge is -2.28. The first-order valence-corrected chi connectivity index (χ1v) is 8.30. The molecule has 5 nitrogen and oxygen atoms in total. The van der Waals surface area contributed by atoms with Gasteiger partial charge < -0.3 is 15.4 Å². The third-order valence-electron chi connectivity index (χ3n) is 4.97. The molecule has 2 saturated heterocycles. The molecule has 2 unspecified atom stereocenters. The molecule has 0 aliphatic carbocycles. The van der Waals surface area contributed by atoms with Crippen LogP contribution in [0.15, 0.2) is 18.2 Å². The van der Waals surface area contributed by atoms with Gasteiger partial charge in [-0.2, -0.15) is 0 Å². The summed E-state index contributed by atoms with van der Waals surface area (Å²) in [6.45, 7) is 1.85. The summed E-state index contributed by atoms with van der Waals surface area (Å²) in [4.78, 5) is 24.0. The molecule has 24 heavy (non-hydrogen) atoms. The Labute approximate surface area is 148 Å². The van der Waals surface area contributed by atoms with Gasteiger partial charge in [0.15, 0.2) is 0 Å². The number of anilines is 1. The molecule has 2 bridgehead atoms. The summed E-state index contributed by atoms with van der Waals surface area (Å²) in [6.07, 6.45) is 5.21. The fourth-order valence-electron chi connectivity index (χ4n) is 3.85. The van der Waals surface area contributed by atoms with Crippen molar-refractivity contribution in [2.75, 3.05) is 12.4 Å². The van der Waals surface area contributed by atoms with Crippen molar-refractivity contribution in [2.45, 2.75) is 51.1 Å². The van der Waals surface area contributed by atoms with Crippen molar-refractivity contribution in [3.8, 4) is 0 Å². The van der Waals surface area contributed by atoms with E-state index in [0.717, 1.165) is 18.4 Å². The molecule has 2 aliphatic heterocycles. The first-order chi connectivity index (χ1) is 11.0. The summed E-state index contributed by atoms with van der Waals surface area (Å²) in [5.41, 5.74) is 1.98. The Morgan fingerprint density at radius 2 is 1.92 bits per heavy atom. The van der Waals surface area contributed by atoms with Gasteiger partial charge in [-0.05, 0) is 56.2 Å². The molecule has 0 radical (unpaired) electrons. The molecule has 1 aromatic carbocycles. The van der Waals surface area contributed by atoms with Gasteiger partial charge in [0.25, 0.3) is 0 Å². The normalized spacial score (nSPS) is 24.8. The van der Waals surface area contributed by atoms with E-state index >= 15 is 0 Å². The number of aryl methyl sites for hydroxylation is 1. The van der Waals surface area contributed by atoms with E-state index < -0.39 is 0 Å². The molecule has 1 amide bonds. The topological polar surface area (TPSA) is 67.4 Å². The molecule has 2 atom stereocenters. The maximum Gasteiger partial charge on any atom is 0.338 e. The van der Waals surface area contributed by atoms with Crippen molar-refractivity contribution in [2.24, 2.45) is 5.92 Å². The summed E-state index contributed by atoms with van der Waals surface area (Å²) in [7, 11) is 1.36. The summed E-state index contributed by atoms with van der Waals surface area (Å²) in [6, 6.07) is 6.53. The van der Waals surface area contributed by atoms with Crippen molar-refractivity contribution in [3.05, 3.63) is 29.3 Å². The van der Waals surface area contributed by atoms with Crippen LogP contribution in [0.2, 0.25) is 0 Å². The summed E-state index contributed by atoms with van der Waals surface area (Å²) in [5, 5.41) is 6.51. The number of hydrogen-bond donors (Lipinski definition) is 2. The number of halogens is 1. The highest BCUT2D eigenvalue weighted by atomic mass is 35.5. The van der Waals surface area contributed by atoms with Crippen LogP contribution in [0.25, 0.3) is 0 Å². The van der Waals surface area contributed by atoms with E-state index in [-0.39, 0.29) is 24.3 Å². The summed E-state index contributed by atoms with van der Waals surface area (Å²) < 4.78 is 4.77. The van der Waals surface area contributed by atoms with Gasteiger partial charge in [-0.1, -0.05) is 6.07 Å². The van der Waals surface area contributed by atoms with Crippen molar-refractivity contribution in [1.29, 1.82) is 0 Å². The van der Waals surface area contributed by atoms with Crippen LogP contribution in [0.5, 0.6) is 0 Å². The van der Waals surface area contributed by atoms with Crippen LogP contribution in [-0.4, -0.2) is 31.1 Å². The van der Waals surface area contributed by atoms with E-state index in [1.165, 1.54) is 20.0 Å². The minimum absolute atomic E-state index is 0. The van der Waals surface area contributed by atoms with Gasteiger partial charge >= 0.3 is 5.97 Å². The molecule has 2 N–H and O–H groups in total. The number of hydrogen-bond acceptors (Lipinski definition) is 4. The Hall–Kier alpha value is -1.59. The van der Waals surface area contributed by atoms with Gasteiger partial charge in [-0.25, -0.2) is 4.79 Å². The summed E-state index contributed by atoms with van der Waals surface area (Å²) >= 11 is 0. The first-order valence-electron chi connectivity index (χ1n) is 8.30. The van der Waals surface area contributed by atoms with E-state index in [1.807, 2.05) is 19.1 Å². The maximum absolute atomic E-state index is 12.3. The lowest BCUT2D eigenvalue weighted by atomic mass is 9.89. The number of carbonyl (C=O) groups is 2. The quantitative estimate of drug-likeness (QED) is 0.817. The highest BCUT2D eigenvalue weighted by Crippen LogP contribution is 2.32. The number of esters is 1. The number of methoxy groups -OCH3 is 1. The smallest absolute Gasteiger partial charge is 0.338 e. The molecule has 2 fully saturated rings. The number of amides is 1. The predicted octanol–water partition coefficient (Wildman–Crippen LogP) is 3.06. The highest BCUT2D eigenvalue weighted by Gasteiger charge is 2.34. The van der Waals surface area contributed by atoms with Crippen molar-refractivity contribution in [1.82, 2.24) is 5.32 Å². The largest absolute Gasteiger partial charge is 0.465 e. The number of benzene rings is 1. The minimum atomic E-state index is -0.381. The Balaban J connectivity index is 0.00000208. The lowest BCUT2D eigenvalue weighted by Crippen LogP contribution is -2.39. The molecule has 2 heterocycles. The average Bonchev–Trinajstić information content (AvgIpc) is 2.87. The zero-order valence-electron chi connectivity index (χ0n) is 14.1. The number of ether oxygens (including phenoxy) is 1.